The Labute approximate surface area is 233 Å². The molecule has 0 bridgehead atoms. The molecule has 208 valence electrons. The third kappa shape index (κ3) is 5.45. The number of amides is 2. The van der Waals surface area contributed by atoms with Gasteiger partial charge in [-0.15, -0.1) is 0 Å². The Kier molecular flexibility index (Phi) is 7.63. The van der Waals surface area contributed by atoms with Crippen molar-refractivity contribution in [2.75, 3.05) is 32.6 Å². The van der Waals surface area contributed by atoms with E-state index in [1.807, 2.05) is 13.0 Å². The van der Waals surface area contributed by atoms with Crippen molar-refractivity contribution in [3.8, 4) is 17.4 Å². The first-order valence-corrected chi connectivity index (χ1v) is 12.8. The van der Waals surface area contributed by atoms with Gasteiger partial charge in [0.1, 0.15) is 22.3 Å². The summed E-state index contributed by atoms with van der Waals surface area (Å²) >= 11 is 6.26. The second-order valence-electron chi connectivity index (χ2n) is 9.41. The van der Waals surface area contributed by atoms with Crippen molar-refractivity contribution in [1.29, 1.82) is 0 Å². The number of likely N-dealkylation sites (tertiary alicyclic amines) is 1. The van der Waals surface area contributed by atoms with Crippen LogP contribution in [-0.4, -0.2) is 65.8 Å². The van der Waals surface area contributed by atoms with Crippen molar-refractivity contribution in [3.63, 3.8) is 0 Å². The molecule has 2 aliphatic rings. The number of nitrogens with one attached hydrogen (secondary N) is 2. The minimum atomic E-state index is -1.40. The fourth-order valence-electron chi connectivity index (χ4n) is 4.52. The van der Waals surface area contributed by atoms with Crippen molar-refractivity contribution in [2.45, 2.75) is 25.6 Å². The second kappa shape index (κ2) is 11.1. The molecule has 1 fully saturated rings. The Bertz CT molecular complexity index is 1540. The molecule has 5 rings (SSSR count). The summed E-state index contributed by atoms with van der Waals surface area (Å²) in [5.41, 5.74) is 0.984. The molecule has 13 heteroatoms. The number of alkyl halides is 1. The molecule has 3 heterocycles. The van der Waals surface area contributed by atoms with Gasteiger partial charge >= 0.3 is 0 Å². The number of piperidine rings is 1. The summed E-state index contributed by atoms with van der Waals surface area (Å²) in [5, 5.41) is 5.73. The van der Waals surface area contributed by atoms with Crippen LogP contribution in [0.5, 0.6) is 17.4 Å². The van der Waals surface area contributed by atoms with Crippen LogP contribution < -0.4 is 20.1 Å². The highest BCUT2D eigenvalue weighted by Crippen LogP contribution is 2.37. The molecule has 2 atom stereocenters. The minimum absolute atomic E-state index is 0.0200. The molecule has 0 radical (unpaired) electrons. The van der Waals surface area contributed by atoms with Gasteiger partial charge in [0.25, 0.3) is 11.8 Å². The van der Waals surface area contributed by atoms with E-state index in [0.29, 0.717) is 12.1 Å². The average Bonchev–Trinajstić information content (AvgIpc) is 3.21. The molecule has 3 aromatic rings. The lowest BCUT2D eigenvalue weighted by Gasteiger charge is -2.26. The number of anilines is 2. The van der Waals surface area contributed by atoms with Gasteiger partial charge in [0, 0.05) is 25.6 Å². The number of aliphatic imine (C=N–C) groups is 1. The summed E-state index contributed by atoms with van der Waals surface area (Å²) in [5.74, 6) is -1.78. The number of benzene rings is 2. The summed E-state index contributed by atoms with van der Waals surface area (Å²) in [6, 6.07) is 7.23. The standard InChI is InChI=1S/C27H25ClF2N6O4/c1-13-14-5-4-6-21(23(14)25(38)32-13)40-26-16(28)11-31-27(35-26)34-20-10-17(29)15(9-22(20)39-3)24(37)33-19-7-8-36(2)12-18(19)30/h4-6,9-11,13,18H,7-8,12H2,1-3H3,(H,32,38)(H,31,34,35)/t13-,18-/m1/s1. The van der Waals surface area contributed by atoms with Crippen molar-refractivity contribution in [1.82, 2.24) is 20.2 Å². The Balaban J connectivity index is 1.39. The van der Waals surface area contributed by atoms with Gasteiger partial charge in [-0.1, -0.05) is 23.7 Å². The quantitative estimate of drug-likeness (QED) is 0.431. The van der Waals surface area contributed by atoms with Gasteiger partial charge in [-0.25, -0.2) is 18.8 Å². The zero-order valence-corrected chi connectivity index (χ0v) is 22.6. The molecular formula is C27H25ClF2N6O4. The van der Waals surface area contributed by atoms with Crippen LogP contribution in [0.2, 0.25) is 5.02 Å². The highest BCUT2D eigenvalue weighted by atomic mass is 35.5. The molecule has 40 heavy (non-hydrogen) atoms. The molecular weight excluding hydrogens is 546 g/mol. The zero-order chi connectivity index (χ0) is 28.6. The molecule has 0 saturated carbocycles. The van der Waals surface area contributed by atoms with Gasteiger partial charge in [0.15, 0.2) is 6.17 Å². The summed E-state index contributed by atoms with van der Waals surface area (Å²) in [4.78, 5) is 39.1. The normalized spacial score (nSPS) is 19.8. The number of aromatic nitrogens is 2. The Morgan fingerprint density at radius 3 is 2.85 bits per heavy atom. The molecule has 0 unspecified atom stereocenters. The summed E-state index contributed by atoms with van der Waals surface area (Å²) in [6.45, 7) is 2.53. The van der Waals surface area contributed by atoms with Crippen molar-refractivity contribution in [2.24, 2.45) is 4.99 Å². The van der Waals surface area contributed by atoms with Gasteiger partial charge in [0.2, 0.25) is 11.8 Å². The van der Waals surface area contributed by atoms with Crippen LogP contribution >= 0.6 is 11.6 Å². The van der Waals surface area contributed by atoms with E-state index in [0.717, 1.165) is 11.6 Å². The van der Waals surface area contributed by atoms with Gasteiger partial charge in [-0.2, -0.15) is 4.98 Å². The zero-order valence-electron chi connectivity index (χ0n) is 21.8. The molecule has 2 N–H and O–H groups in total. The lowest BCUT2D eigenvalue weighted by atomic mass is 10.1. The van der Waals surface area contributed by atoms with E-state index in [9.17, 15) is 14.0 Å². The largest absolute Gasteiger partial charge is 0.495 e. The number of nitrogens with zero attached hydrogens (tertiary/aromatic N) is 4. The van der Waals surface area contributed by atoms with E-state index in [1.54, 1.807) is 24.1 Å². The smallest absolute Gasteiger partial charge is 0.280 e. The highest BCUT2D eigenvalue weighted by molar-refractivity contribution is 6.31. The Morgan fingerprint density at radius 2 is 2.10 bits per heavy atom. The first-order valence-electron chi connectivity index (χ1n) is 12.4. The third-order valence-corrected chi connectivity index (χ3v) is 6.87. The number of carbonyl (C=O) groups excluding carboxylic acids is 2. The third-order valence-electron chi connectivity index (χ3n) is 6.61. The molecule has 2 aromatic carbocycles. The van der Waals surface area contributed by atoms with E-state index >= 15 is 4.39 Å². The summed E-state index contributed by atoms with van der Waals surface area (Å²) in [6.07, 6.45) is 0.154. The minimum Gasteiger partial charge on any atom is -0.495 e. The summed E-state index contributed by atoms with van der Waals surface area (Å²) < 4.78 is 40.6. The lowest BCUT2D eigenvalue weighted by molar-refractivity contribution is 0.0955. The van der Waals surface area contributed by atoms with Crippen LogP contribution in [0.25, 0.3) is 0 Å². The molecule has 1 saturated heterocycles. The highest BCUT2D eigenvalue weighted by Gasteiger charge is 2.30. The molecule has 2 amide bonds. The van der Waals surface area contributed by atoms with Gasteiger partial charge in [0.05, 0.1) is 41.9 Å². The van der Waals surface area contributed by atoms with Crippen LogP contribution in [0, 0.1) is 5.82 Å². The Hall–Kier alpha value is -4.16. The molecule has 10 nitrogen and oxygen atoms in total. The number of ether oxygens (including phenoxy) is 2. The van der Waals surface area contributed by atoms with Crippen LogP contribution in [0.1, 0.15) is 45.7 Å². The molecule has 1 aromatic heterocycles. The number of carbonyl (C=O) groups is 2. The SMILES string of the molecule is COc1cc(C(=O)N=C2CCN(C)C[C@H]2F)c(F)cc1Nc1ncc(Cl)c(Oc2cccc3c2C(=O)N[C@@H]3C)n1. The average molecular weight is 571 g/mol. The Morgan fingerprint density at radius 1 is 1.30 bits per heavy atom. The first-order chi connectivity index (χ1) is 19.1. The maximum Gasteiger partial charge on any atom is 0.280 e. The van der Waals surface area contributed by atoms with Crippen LogP contribution in [0.15, 0.2) is 41.5 Å². The van der Waals surface area contributed by atoms with Gasteiger partial charge in [-0.05, 0) is 31.7 Å². The van der Waals surface area contributed by atoms with Gasteiger partial charge in [-0.3, -0.25) is 9.59 Å². The van der Waals surface area contributed by atoms with E-state index in [4.69, 9.17) is 21.1 Å². The topological polar surface area (TPSA) is 118 Å². The number of methoxy groups -OCH3 is 1. The van der Waals surface area contributed by atoms with Crippen molar-refractivity contribution < 1.29 is 27.8 Å². The van der Waals surface area contributed by atoms with Crippen molar-refractivity contribution in [3.05, 3.63) is 64.1 Å². The molecule has 0 spiro atoms. The van der Waals surface area contributed by atoms with Gasteiger partial charge < -0.3 is 25.0 Å². The number of rotatable bonds is 6. The van der Waals surface area contributed by atoms with Crippen molar-refractivity contribution >= 4 is 40.8 Å². The fourth-order valence-corrected chi connectivity index (χ4v) is 4.65. The maximum atomic E-state index is 15.0. The monoisotopic (exact) mass is 570 g/mol. The molecule has 2 aliphatic heterocycles. The van der Waals surface area contributed by atoms with E-state index in [1.165, 1.54) is 19.4 Å². The maximum absolute atomic E-state index is 15.0. The number of fused-ring (bicyclic) bond motifs is 1. The second-order valence-corrected chi connectivity index (χ2v) is 9.82. The first kappa shape index (κ1) is 27.4. The predicted octanol–water partition coefficient (Wildman–Crippen LogP) is 4.87. The van der Waals surface area contributed by atoms with E-state index < -0.39 is 17.9 Å². The molecule has 0 aliphatic carbocycles. The summed E-state index contributed by atoms with van der Waals surface area (Å²) in [7, 11) is 3.11. The van der Waals surface area contributed by atoms with Crippen LogP contribution in [0.4, 0.5) is 20.4 Å². The number of hydrogen-bond donors (Lipinski definition) is 2. The van der Waals surface area contributed by atoms with E-state index in [2.05, 4.69) is 25.6 Å². The number of halogens is 3. The van der Waals surface area contributed by atoms with E-state index in [-0.39, 0.29) is 70.2 Å². The van der Waals surface area contributed by atoms with Crippen LogP contribution in [-0.2, 0) is 0 Å². The fraction of sp³-hybridized carbons (Fsp3) is 0.296. The number of hydrogen-bond acceptors (Lipinski definition) is 8. The lowest BCUT2D eigenvalue weighted by Crippen LogP contribution is -2.40. The van der Waals surface area contributed by atoms with Crippen LogP contribution in [0.3, 0.4) is 0 Å². The predicted molar refractivity (Wildman–Crippen MR) is 144 cm³/mol.